The summed E-state index contributed by atoms with van der Waals surface area (Å²) in [5.41, 5.74) is 0.341. The van der Waals surface area contributed by atoms with E-state index in [-0.39, 0.29) is 54.2 Å². The molecule has 39 heavy (non-hydrogen) atoms. The van der Waals surface area contributed by atoms with Crippen molar-refractivity contribution in [3.8, 4) is 0 Å². The average molecular weight is 582 g/mol. The van der Waals surface area contributed by atoms with Gasteiger partial charge in [-0.1, -0.05) is 43.0 Å². The van der Waals surface area contributed by atoms with Gasteiger partial charge in [-0.15, -0.1) is 12.4 Å². The summed E-state index contributed by atoms with van der Waals surface area (Å²) in [6, 6.07) is 7.09. The second kappa shape index (κ2) is 13.7. The minimum absolute atomic E-state index is 0. The summed E-state index contributed by atoms with van der Waals surface area (Å²) in [6.45, 7) is 8.11. The van der Waals surface area contributed by atoms with Crippen LogP contribution in [0.25, 0.3) is 0 Å². The summed E-state index contributed by atoms with van der Waals surface area (Å²) < 4.78 is 0. The fourth-order valence-electron chi connectivity index (χ4n) is 6.33. The molecular weight excluding hydrogens is 535 g/mol. The number of piperidine rings is 1. The predicted octanol–water partition coefficient (Wildman–Crippen LogP) is 4.64. The van der Waals surface area contributed by atoms with Gasteiger partial charge in [-0.05, 0) is 89.5 Å². The van der Waals surface area contributed by atoms with E-state index < -0.39 is 5.41 Å². The molecule has 0 radical (unpaired) electrons. The maximum Gasteiger partial charge on any atom is 0.237 e. The summed E-state index contributed by atoms with van der Waals surface area (Å²) in [7, 11) is 0. The van der Waals surface area contributed by atoms with Crippen molar-refractivity contribution in [2.24, 2.45) is 11.3 Å². The zero-order chi connectivity index (χ0) is 27.3. The molecule has 3 aliphatic rings. The standard InChI is InChI=1S/C30H45ClN4O3.ClH/c1-29(2,3)34-28(38)30(22-7-5-4-6-8-22)14-17-35(18-15-30)26(36)20-24(33-27(37)25-13-16-32-25)19-21-9-11-23(31)12-10-21;/h9-12,22,24-25,32H,4-8,13-20H2,1-3H3,(H,33,37)(H,34,38);1H/t24-,25+;/m1./s1. The molecule has 3 amide bonds. The fraction of sp³-hybridized carbons (Fsp3) is 0.700. The van der Waals surface area contributed by atoms with E-state index in [2.05, 4.69) is 16.0 Å². The monoisotopic (exact) mass is 580 g/mol. The molecular formula is C30H46Cl2N4O3. The largest absolute Gasteiger partial charge is 0.351 e. The van der Waals surface area contributed by atoms with Crippen molar-refractivity contribution in [2.75, 3.05) is 19.6 Å². The van der Waals surface area contributed by atoms with Crippen molar-refractivity contribution in [1.29, 1.82) is 0 Å². The molecule has 1 saturated carbocycles. The highest BCUT2D eigenvalue weighted by Crippen LogP contribution is 2.46. The van der Waals surface area contributed by atoms with Crippen LogP contribution in [0.5, 0.6) is 0 Å². The van der Waals surface area contributed by atoms with Crippen molar-refractivity contribution in [3.63, 3.8) is 0 Å². The van der Waals surface area contributed by atoms with Crippen LogP contribution in [0.15, 0.2) is 24.3 Å². The van der Waals surface area contributed by atoms with Crippen LogP contribution in [0.3, 0.4) is 0 Å². The van der Waals surface area contributed by atoms with Crippen molar-refractivity contribution in [3.05, 3.63) is 34.9 Å². The van der Waals surface area contributed by atoms with Crippen molar-refractivity contribution in [2.45, 2.75) is 103 Å². The van der Waals surface area contributed by atoms with E-state index in [0.717, 1.165) is 31.4 Å². The number of likely N-dealkylation sites (tertiary alicyclic amines) is 1. The van der Waals surface area contributed by atoms with Gasteiger partial charge >= 0.3 is 0 Å². The molecule has 218 valence electrons. The first-order valence-electron chi connectivity index (χ1n) is 14.4. The minimum atomic E-state index is -0.405. The van der Waals surface area contributed by atoms with Crippen LogP contribution in [-0.2, 0) is 20.8 Å². The quantitative estimate of drug-likeness (QED) is 0.417. The van der Waals surface area contributed by atoms with Crippen LogP contribution >= 0.6 is 24.0 Å². The zero-order valence-corrected chi connectivity index (χ0v) is 25.3. The molecule has 0 bridgehead atoms. The molecule has 0 unspecified atom stereocenters. The van der Waals surface area contributed by atoms with Gasteiger partial charge in [0, 0.05) is 36.1 Å². The van der Waals surface area contributed by atoms with E-state index >= 15 is 0 Å². The van der Waals surface area contributed by atoms with E-state index in [9.17, 15) is 14.4 Å². The maximum atomic E-state index is 13.7. The second-order valence-electron chi connectivity index (χ2n) is 12.6. The van der Waals surface area contributed by atoms with Gasteiger partial charge in [0.2, 0.25) is 17.7 Å². The van der Waals surface area contributed by atoms with Crippen LogP contribution < -0.4 is 16.0 Å². The Morgan fingerprint density at radius 1 is 1.05 bits per heavy atom. The summed E-state index contributed by atoms with van der Waals surface area (Å²) in [5, 5.41) is 10.2. The van der Waals surface area contributed by atoms with Crippen LogP contribution in [0, 0.1) is 11.3 Å². The smallest absolute Gasteiger partial charge is 0.237 e. The van der Waals surface area contributed by atoms with Crippen LogP contribution in [0.4, 0.5) is 0 Å². The van der Waals surface area contributed by atoms with Gasteiger partial charge in [0.1, 0.15) is 0 Å². The van der Waals surface area contributed by atoms with E-state index in [0.29, 0.717) is 43.3 Å². The number of hydrogen-bond acceptors (Lipinski definition) is 4. The third-order valence-electron chi connectivity index (χ3n) is 8.64. The highest BCUT2D eigenvalue weighted by molar-refractivity contribution is 6.30. The third-order valence-corrected chi connectivity index (χ3v) is 8.89. The van der Waals surface area contributed by atoms with Gasteiger partial charge in [-0.25, -0.2) is 0 Å². The Bertz CT molecular complexity index is 977. The molecule has 0 aromatic heterocycles. The maximum absolute atomic E-state index is 13.7. The van der Waals surface area contributed by atoms with Gasteiger partial charge in [0.25, 0.3) is 0 Å². The number of carbonyl (C=O) groups is 3. The molecule has 2 heterocycles. The summed E-state index contributed by atoms with van der Waals surface area (Å²) in [4.78, 5) is 41.8. The average Bonchev–Trinajstić information content (AvgIpc) is 2.83. The number of carbonyl (C=O) groups excluding carboxylic acids is 3. The Labute approximate surface area is 245 Å². The summed E-state index contributed by atoms with van der Waals surface area (Å²) >= 11 is 6.06. The summed E-state index contributed by atoms with van der Waals surface area (Å²) in [5.74, 6) is 0.531. The van der Waals surface area contributed by atoms with Gasteiger partial charge in [0.15, 0.2) is 0 Å². The first-order valence-corrected chi connectivity index (χ1v) is 14.8. The Hall–Kier alpha value is -1.83. The Kier molecular flexibility index (Phi) is 11.1. The lowest BCUT2D eigenvalue weighted by atomic mass is 9.63. The van der Waals surface area contributed by atoms with E-state index in [1.807, 2.05) is 49.9 Å². The molecule has 3 N–H and O–H groups in total. The highest BCUT2D eigenvalue weighted by Gasteiger charge is 2.48. The van der Waals surface area contributed by atoms with Crippen LogP contribution in [-0.4, -0.2) is 59.9 Å². The molecule has 1 aromatic carbocycles. The molecule has 1 aliphatic carbocycles. The number of halogens is 2. The molecule has 4 rings (SSSR count). The molecule has 9 heteroatoms. The first-order chi connectivity index (χ1) is 18.1. The minimum Gasteiger partial charge on any atom is -0.351 e. The SMILES string of the molecule is CC(C)(C)NC(=O)C1(C2CCCCC2)CCN(C(=O)C[C@@H](Cc2ccc(Cl)cc2)NC(=O)[C@@H]2CCN2)CC1.Cl. The number of amides is 3. The molecule has 2 atom stereocenters. The fourth-order valence-corrected chi connectivity index (χ4v) is 6.46. The Morgan fingerprint density at radius 3 is 2.21 bits per heavy atom. The lowest BCUT2D eigenvalue weighted by Crippen LogP contribution is -2.58. The molecule has 2 aliphatic heterocycles. The van der Waals surface area contributed by atoms with Crippen LogP contribution in [0.2, 0.25) is 5.02 Å². The lowest BCUT2D eigenvalue weighted by molar-refractivity contribution is -0.146. The van der Waals surface area contributed by atoms with Gasteiger partial charge < -0.3 is 20.9 Å². The van der Waals surface area contributed by atoms with Gasteiger partial charge in [-0.3, -0.25) is 14.4 Å². The molecule has 0 spiro atoms. The topological polar surface area (TPSA) is 90.5 Å². The van der Waals surface area contributed by atoms with Crippen molar-refractivity contribution >= 4 is 41.7 Å². The number of rotatable bonds is 8. The number of nitrogens with one attached hydrogen (secondary N) is 3. The predicted molar refractivity (Wildman–Crippen MR) is 158 cm³/mol. The third kappa shape index (κ3) is 8.34. The highest BCUT2D eigenvalue weighted by atomic mass is 35.5. The summed E-state index contributed by atoms with van der Waals surface area (Å²) in [6.07, 6.45) is 8.82. The number of nitrogens with zero attached hydrogens (tertiary/aromatic N) is 1. The second-order valence-corrected chi connectivity index (χ2v) is 13.0. The number of hydrogen-bond donors (Lipinski definition) is 3. The molecule has 3 fully saturated rings. The van der Waals surface area contributed by atoms with Crippen molar-refractivity contribution < 1.29 is 14.4 Å². The van der Waals surface area contributed by atoms with Crippen LogP contribution in [0.1, 0.15) is 84.1 Å². The molecule has 2 saturated heterocycles. The van der Waals surface area contributed by atoms with Gasteiger partial charge in [-0.2, -0.15) is 0 Å². The van der Waals surface area contributed by atoms with E-state index in [1.54, 1.807) is 0 Å². The Morgan fingerprint density at radius 2 is 1.67 bits per heavy atom. The lowest BCUT2D eigenvalue weighted by Gasteiger charge is -2.47. The Balaban J connectivity index is 0.00000420. The molecule has 7 nitrogen and oxygen atoms in total. The first kappa shape index (κ1) is 31.7. The van der Waals surface area contributed by atoms with E-state index in [1.165, 1.54) is 19.3 Å². The van der Waals surface area contributed by atoms with Gasteiger partial charge in [0.05, 0.1) is 11.5 Å². The van der Waals surface area contributed by atoms with Crippen molar-refractivity contribution in [1.82, 2.24) is 20.9 Å². The normalized spacial score (nSPS) is 22.2. The zero-order valence-electron chi connectivity index (χ0n) is 23.7. The molecule has 1 aromatic rings. The number of benzene rings is 1. The van der Waals surface area contributed by atoms with E-state index in [4.69, 9.17) is 11.6 Å².